The third kappa shape index (κ3) is 4.52. The van der Waals surface area contributed by atoms with Crippen molar-refractivity contribution < 1.29 is 14.4 Å². The number of benzene rings is 3. The zero-order chi connectivity index (χ0) is 21.8. The minimum absolute atomic E-state index is 0.152. The molecule has 0 fully saturated rings. The summed E-state index contributed by atoms with van der Waals surface area (Å²) in [6.07, 6.45) is 0.587. The summed E-state index contributed by atoms with van der Waals surface area (Å²) < 4.78 is 0. The van der Waals surface area contributed by atoms with Crippen molar-refractivity contribution in [2.45, 2.75) is 18.9 Å². The van der Waals surface area contributed by atoms with Crippen molar-refractivity contribution in [3.63, 3.8) is 0 Å². The summed E-state index contributed by atoms with van der Waals surface area (Å²) in [5, 5.41) is 3.69. The molecule has 4 rings (SSSR count). The molecule has 1 aliphatic rings. The van der Waals surface area contributed by atoms with Crippen molar-refractivity contribution >= 4 is 29.3 Å². The lowest BCUT2D eigenvalue weighted by Crippen LogP contribution is -2.33. The summed E-state index contributed by atoms with van der Waals surface area (Å²) in [6, 6.07) is 23.5. The first-order valence-corrected chi connectivity index (χ1v) is 10.5. The summed E-state index contributed by atoms with van der Waals surface area (Å²) in [7, 11) is 0. The second-order valence-electron chi connectivity index (χ2n) is 7.37. The van der Waals surface area contributed by atoms with Gasteiger partial charge in [-0.25, -0.2) is 0 Å². The van der Waals surface area contributed by atoms with Gasteiger partial charge >= 0.3 is 0 Å². The Bertz CT molecular complexity index is 1080. The molecule has 156 valence electrons. The van der Waals surface area contributed by atoms with E-state index in [1.165, 1.54) is 4.90 Å². The van der Waals surface area contributed by atoms with Gasteiger partial charge < -0.3 is 5.32 Å². The van der Waals surface area contributed by atoms with Gasteiger partial charge in [-0.3, -0.25) is 19.3 Å². The van der Waals surface area contributed by atoms with Crippen LogP contribution in [0.5, 0.6) is 0 Å². The lowest BCUT2D eigenvalue weighted by Gasteiger charge is -2.20. The van der Waals surface area contributed by atoms with Crippen molar-refractivity contribution in [3.8, 4) is 0 Å². The smallest absolute Gasteiger partial charge is 0.261 e. The Morgan fingerprint density at radius 2 is 1.35 bits per heavy atom. The van der Waals surface area contributed by atoms with E-state index >= 15 is 0 Å². The van der Waals surface area contributed by atoms with Crippen LogP contribution in [0.1, 0.15) is 50.7 Å². The molecule has 0 spiro atoms. The normalized spacial score (nSPS) is 13.8. The molecule has 3 amide bonds. The summed E-state index contributed by atoms with van der Waals surface area (Å²) in [5.74, 6) is -0.755. The van der Waals surface area contributed by atoms with Crippen LogP contribution in [-0.4, -0.2) is 29.2 Å². The Labute approximate surface area is 185 Å². The summed E-state index contributed by atoms with van der Waals surface area (Å²) in [5.41, 5.74) is 2.72. The van der Waals surface area contributed by atoms with Crippen LogP contribution in [0.15, 0.2) is 78.9 Å². The number of nitrogens with one attached hydrogen (secondary N) is 1. The third-order valence-corrected chi connectivity index (χ3v) is 5.56. The minimum atomic E-state index is -0.315. The molecule has 5 nitrogen and oxygen atoms in total. The summed E-state index contributed by atoms with van der Waals surface area (Å²) >= 11 is 6.01. The molecular formula is C25H21ClN2O3. The molecule has 1 aliphatic heterocycles. The molecule has 1 N–H and O–H groups in total. The predicted molar refractivity (Wildman–Crippen MR) is 119 cm³/mol. The number of halogens is 1. The fourth-order valence-corrected chi connectivity index (χ4v) is 3.86. The third-order valence-electron chi connectivity index (χ3n) is 5.31. The zero-order valence-electron chi connectivity index (χ0n) is 16.8. The highest BCUT2D eigenvalue weighted by atomic mass is 35.5. The van der Waals surface area contributed by atoms with E-state index in [1.807, 2.05) is 42.5 Å². The Kier molecular flexibility index (Phi) is 6.14. The van der Waals surface area contributed by atoms with Gasteiger partial charge in [0.05, 0.1) is 17.2 Å². The maximum atomic E-state index is 12.7. The van der Waals surface area contributed by atoms with E-state index in [4.69, 9.17) is 11.6 Å². The fraction of sp³-hybridized carbons (Fsp3) is 0.160. The number of rotatable bonds is 7. The lowest BCUT2D eigenvalue weighted by atomic mass is 9.98. The number of hydrogen-bond acceptors (Lipinski definition) is 3. The Morgan fingerprint density at radius 1 is 0.806 bits per heavy atom. The molecule has 0 aliphatic carbocycles. The second kappa shape index (κ2) is 9.14. The van der Waals surface area contributed by atoms with E-state index in [1.54, 1.807) is 36.4 Å². The van der Waals surface area contributed by atoms with E-state index in [2.05, 4.69) is 5.32 Å². The molecule has 3 aromatic rings. The summed E-state index contributed by atoms with van der Waals surface area (Å²) in [4.78, 5) is 38.8. The van der Waals surface area contributed by atoms with Gasteiger partial charge in [0.2, 0.25) is 5.91 Å². The highest BCUT2D eigenvalue weighted by Crippen LogP contribution is 2.25. The monoisotopic (exact) mass is 432 g/mol. The largest absolute Gasteiger partial charge is 0.345 e. The Morgan fingerprint density at radius 3 is 1.97 bits per heavy atom. The molecule has 0 radical (unpaired) electrons. The molecule has 1 unspecified atom stereocenters. The lowest BCUT2D eigenvalue weighted by molar-refractivity contribution is -0.121. The second-order valence-corrected chi connectivity index (χ2v) is 7.81. The van der Waals surface area contributed by atoms with Gasteiger partial charge in [0.1, 0.15) is 0 Å². The number of nitrogens with zero attached hydrogens (tertiary/aromatic N) is 1. The fourth-order valence-electron chi connectivity index (χ4n) is 3.73. The van der Waals surface area contributed by atoms with Gasteiger partial charge in [0.15, 0.2) is 0 Å². The van der Waals surface area contributed by atoms with Crippen LogP contribution in [0.25, 0.3) is 0 Å². The summed E-state index contributed by atoms with van der Waals surface area (Å²) in [6.45, 7) is 0.205. The van der Waals surface area contributed by atoms with Gasteiger partial charge in [-0.2, -0.15) is 0 Å². The van der Waals surface area contributed by atoms with Crippen molar-refractivity contribution in [3.05, 3.63) is 106 Å². The van der Waals surface area contributed by atoms with Gasteiger partial charge in [0, 0.05) is 18.0 Å². The zero-order valence-corrected chi connectivity index (χ0v) is 17.5. The maximum absolute atomic E-state index is 12.7. The Hall–Kier alpha value is -3.44. The molecule has 1 atom stereocenters. The number of amides is 3. The molecule has 0 saturated heterocycles. The van der Waals surface area contributed by atoms with Crippen LogP contribution in [-0.2, 0) is 4.79 Å². The number of fused-ring (bicyclic) bond motifs is 1. The van der Waals surface area contributed by atoms with Crippen LogP contribution in [0.3, 0.4) is 0 Å². The topological polar surface area (TPSA) is 66.5 Å². The quantitative estimate of drug-likeness (QED) is 0.554. The molecular weight excluding hydrogens is 412 g/mol. The van der Waals surface area contributed by atoms with Crippen molar-refractivity contribution in [1.29, 1.82) is 0 Å². The van der Waals surface area contributed by atoms with Crippen LogP contribution < -0.4 is 5.32 Å². The standard InChI is InChI=1S/C25H21ClN2O3/c26-19-14-12-18(13-15-19)23(17-7-2-1-3-8-17)27-22(29)11-6-16-28-24(30)20-9-4-5-10-21(20)25(28)31/h1-5,7-10,12-15,23H,6,11,16H2,(H,27,29). The molecule has 1 heterocycles. The van der Waals surface area contributed by atoms with E-state index < -0.39 is 0 Å². The average molecular weight is 433 g/mol. The van der Waals surface area contributed by atoms with Gasteiger partial charge in [-0.1, -0.05) is 66.2 Å². The number of carbonyl (C=O) groups is 3. The Balaban J connectivity index is 1.39. The van der Waals surface area contributed by atoms with Crippen LogP contribution in [0.2, 0.25) is 5.02 Å². The van der Waals surface area contributed by atoms with Gasteiger partial charge in [-0.05, 0) is 41.8 Å². The number of imide groups is 1. The minimum Gasteiger partial charge on any atom is -0.345 e. The van der Waals surface area contributed by atoms with Gasteiger partial charge in [0.25, 0.3) is 11.8 Å². The number of hydrogen-bond donors (Lipinski definition) is 1. The molecule has 31 heavy (non-hydrogen) atoms. The molecule has 0 bridgehead atoms. The number of carbonyl (C=O) groups excluding carboxylic acids is 3. The van der Waals surface area contributed by atoms with Gasteiger partial charge in [-0.15, -0.1) is 0 Å². The van der Waals surface area contributed by atoms with Crippen molar-refractivity contribution in [2.75, 3.05) is 6.54 Å². The first-order chi connectivity index (χ1) is 15.0. The van der Waals surface area contributed by atoms with Crippen LogP contribution in [0, 0.1) is 0 Å². The molecule has 0 aromatic heterocycles. The van der Waals surface area contributed by atoms with E-state index in [0.717, 1.165) is 11.1 Å². The van der Waals surface area contributed by atoms with E-state index in [9.17, 15) is 14.4 Å². The highest BCUT2D eigenvalue weighted by Gasteiger charge is 2.34. The SMILES string of the molecule is O=C(CCCN1C(=O)c2ccccc2C1=O)NC(c1ccccc1)c1ccc(Cl)cc1. The van der Waals surface area contributed by atoms with Crippen molar-refractivity contribution in [2.24, 2.45) is 0 Å². The first-order valence-electron chi connectivity index (χ1n) is 10.1. The molecule has 6 heteroatoms. The van der Waals surface area contributed by atoms with Crippen LogP contribution in [0.4, 0.5) is 0 Å². The first kappa shape index (κ1) is 20.8. The van der Waals surface area contributed by atoms with E-state index in [-0.39, 0.29) is 36.7 Å². The maximum Gasteiger partial charge on any atom is 0.261 e. The molecule has 0 saturated carbocycles. The predicted octanol–water partition coefficient (Wildman–Crippen LogP) is 4.62. The molecule has 3 aromatic carbocycles. The van der Waals surface area contributed by atoms with E-state index in [0.29, 0.717) is 22.6 Å². The van der Waals surface area contributed by atoms with Crippen molar-refractivity contribution in [1.82, 2.24) is 10.2 Å². The average Bonchev–Trinajstić information content (AvgIpc) is 3.04. The van der Waals surface area contributed by atoms with Crippen LogP contribution >= 0.6 is 11.6 Å². The highest BCUT2D eigenvalue weighted by molar-refractivity contribution is 6.30.